The lowest BCUT2D eigenvalue weighted by Gasteiger charge is -2.16. The fourth-order valence-electron chi connectivity index (χ4n) is 2.08. The lowest BCUT2D eigenvalue weighted by molar-refractivity contribution is -0.117. The Morgan fingerprint density at radius 3 is 2.10 bits per heavy atom. The van der Waals surface area contributed by atoms with E-state index in [1.807, 2.05) is 0 Å². The number of hydrogen-bond acceptors (Lipinski definition) is 5. The standard InChI is InChI=1S/C15H20O5/c1-9(8-10(2)16)13(17)11-6-7-12(18-3)15(20-5)14(11)19-4/h6-7,9H,8H2,1-5H3. The summed E-state index contributed by atoms with van der Waals surface area (Å²) in [6, 6.07) is 3.27. The Hall–Kier alpha value is -2.04. The van der Waals surface area contributed by atoms with Crippen LogP contribution in [0.15, 0.2) is 12.1 Å². The van der Waals surface area contributed by atoms with E-state index in [2.05, 4.69) is 0 Å². The molecule has 0 spiro atoms. The van der Waals surface area contributed by atoms with Crippen molar-refractivity contribution in [1.29, 1.82) is 0 Å². The molecule has 1 atom stereocenters. The number of ether oxygens (including phenoxy) is 3. The molecular formula is C15H20O5. The first-order chi connectivity index (χ1) is 9.46. The van der Waals surface area contributed by atoms with Gasteiger partial charge in [0, 0.05) is 12.3 Å². The van der Waals surface area contributed by atoms with Crippen LogP contribution in [0.1, 0.15) is 30.6 Å². The second-order valence-electron chi connectivity index (χ2n) is 4.55. The van der Waals surface area contributed by atoms with E-state index < -0.39 is 5.92 Å². The second-order valence-corrected chi connectivity index (χ2v) is 4.55. The van der Waals surface area contributed by atoms with Crippen molar-refractivity contribution < 1.29 is 23.8 Å². The van der Waals surface area contributed by atoms with E-state index in [1.165, 1.54) is 28.3 Å². The van der Waals surface area contributed by atoms with Crippen LogP contribution in [0.5, 0.6) is 17.2 Å². The highest BCUT2D eigenvalue weighted by Crippen LogP contribution is 2.40. The maximum atomic E-state index is 12.4. The van der Waals surface area contributed by atoms with Crippen molar-refractivity contribution in [2.24, 2.45) is 5.92 Å². The van der Waals surface area contributed by atoms with Crippen molar-refractivity contribution in [3.63, 3.8) is 0 Å². The Balaban J connectivity index is 3.24. The van der Waals surface area contributed by atoms with Gasteiger partial charge >= 0.3 is 0 Å². The van der Waals surface area contributed by atoms with Gasteiger partial charge in [0.2, 0.25) is 5.75 Å². The maximum Gasteiger partial charge on any atom is 0.204 e. The molecule has 1 unspecified atom stereocenters. The molecular weight excluding hydrogens is 260 g/mol. The molecule has 0 aliphatic carbocycles. The number of Topliss-reactive ketones (excluding diaryl/α,β-unsaturated/α-hetero) is 2. The number of hydrogen-bond donors (Lipinski definition) is 0. The molecule has 20 heavy (non-hydrogen) atoms. The minimum Gasteiger partial charge on any atom is -0.493 e. The molecule has 0 amide bonds. The van der Waals surface area contributed by atoms with Gasteiger partial charge in [-0.15, -0.1) is 0 Å². The number of benzene rings is 1. The van der Waals surface area contributed by atoms with E-state index in [-0.39, 0.29) is 18.0 Å². The Bertz CT molecular complexity index is 507. The van der Waals surface area contributed by atoms with Crippen molar-refractivity contribution >= 4 is 11.6 Å². The molecule has 1 aromatic rings. The average Bonchev–Trinajstić information content (AvgIpc) is 2.43. The summed E-state index contributed by atoms with van der Waals surface area (Å²) in [4.78, 5) is 23.5. The van der Waals surface area contributed by atoms with Gasteiger partial charge in [-0.2, -0.15) is 0 Å². The van der Waals surface area contributed by atoms with Gasteiger partial charge in [0.1, 0.15) is 5.78 Å². The first kappa shape index (κ1) is 16.0. The second kappa shape index (κ2) is 6.93. The Morgan fingerprint density at radius 1 is 1.05 bits per heavy atom. The number of carbonyl (C=O) groups excluding carboxylic acids is 2. The van der Waals surface area contributed by atoms with E-state index in [9.17, 15) is 9.59 Å². The van der Waals surface area contributed by atoms with Gasteiger partial charge in [0.25, 0.3) is 0 Å². The van der Waals surface area contributed by atoms with Gasteiger partial charge in [-0.25, -0.2) is 0 Å². The lowest BCUT2D eigenvalue weighted by Crippen LogP contribution is -2.15. The van der Waals surface area contributed by atoms with Crippen LogP contribution in [0, 0.1) is 5.92 Å². The molecule has 0 fully saturated rings. The first-order valence-electron chi connectivity index (χ1n) is 6.28. The van der Waals surface area contributed by atoms with E-state index in [0.29, 0.717) is 22.8 Å². The van der Waals surface area contributed by atoms with Crippen LogP contribution in [0.2, 0.25) is 0 Å². The molecule has 1 aromatic carbocycles. The molecule has 5 heteroatoms. The van der Waals surface area contributed by atoms with E-state index in [0.717, 1.165) is 0 Å². The SMILES string of the molecule is COc1ccc(C(=O)C(C)CC(C)=O)c(OC)c1OC. The topological polar surface area (TPSA) is 61.8 Å². The number of carbonyl (C=O) groups is 2. The number of rotatable bonds is 7. The molecule has 5 nitrogen and oxygen atoms in total. The highest BCUT2D eigenvalue weighted by Gasteiger charge is 2.24. The molecule has 0 radical (unpaired) electrons. The number of ketones is 2. The normalized spacial score (nSPS) is 11.7. The third-order valence-corrected chi connectivity index (χ3v) is 3.01. The molecule has 0 aromatic heterocycles. The molecule has 110 valence electrons. The van der Waals surface area contributed by atoms with E-state index >= 15 is 0 Å². The molecule has 0 aliphatic rings. The Morgan fingerprint density at radius 2 is 1.65 bits per heavy atom. The number of methoxy groups -OCH3 is 3. The first-order valence-corrected chi connectivity index (χ1v) is 6.28. The van der Waals surface area contributed by atoms with Crippen LogP contribution in [-0.4, -0.2) is 32.9 Å². The van der Waals surface area contributed by atoms with E-state index in [4.69, 9.17) is 14.2 Å². The lowest BCUT2D eigenvalue weighted by atomic mass is 9.94. The van der Waals surface area contributed by atoms with Crippen molar-refractivity contribution in [2.45, 2.75) is 20.3 Å². The summed E-state index contributed by atoms with van der Waals surface area (Å²) in [6.07, 6.45) is 0.205. The zero-order valence-electron chi connectivity index (χ0n) is 12.5. The van der Waals surface area contributed by atoms with Crippen molar-refractivity contribution in [1.82, 2.24) is 0 Å². The highest BCUT2D eigenvalue weighted by atomic mass is 16.5. The van der Waals surface area contributed by atoms with Crippen LogP contribution in [0.4, 0.5) is 0 Å². The summed E-state index contributed by atoms with van der Waals surface area (Å²) < 4.78 is 15.7. The average molecular weight is 280 g/mol. The fourth-order valence-corrected chi connectivity index (χ4v) is 2.08. The summed E-state index contributed by atoms with van der Waals surface area (Å²) in [5.41, 5.74) is 0.388. The highest BCUT2D eigenvalue weighted by molar-refractivity contribution is 6.02. The van der Waals surface area contributed by atoms with E-state index in [1.54, 1.807) is 19.1 Å². The van der Waals surface area contributed by atoms with Gasteiger partial charge in [-0.1, -0.05) is 6.92 Å². The third kappa shape index (κ3) is 3.29. The predicted octanol–water partition coefficient (Wildman–Crippen LogP) is 2.51. The zero-order valence-corrected chi connectivity index (χ0v) is 12.5. The molecule has 0 bridgehead atoms. The van der Waals surface area contributed by atoms with Crippen LogP contribution in [-0.2, 0) is 4.79 Å². The molecule has 0 saturated heterocycles. The summed E-state index contributed by atoms with van der Waals surface area (Å²) >= 11 is 0. The summed E-state index contributed by atoms with van der Waals surface area (Å²) in [5, 5.41) is 0. The smallest absolute Gasteiger partial charge is 0.204 e. The van der Waals surface area contributed by atoms with Crippen molar-refractivity contribution in [2.75, 3.05) is 21.3 Å². The molecule has 0 heterocycles. The van der Waals surface area contributed by atoms with Gasteiger partial charge in [0.05, 0.1) is 26.9 Å². The van der Waals surface area contributed by atoms with Crippen LogP contribution in [0.25, 0.3) is 0 Å². The molecule has 0 saturated carbocycles. The summed E-state index contributed by atoms with van der Waals surface area (Å²) in [7, 11) is 4.45. The minimum absolute atomic E-state index is 0.0229. The summed E-state index contributed by atoms with van der Waals surface area (Å²) in [5.74, 6) is 0.603. The predicted molar refractivity (Wildman–Crippen MR) is 74.9 cm³/mol. The molecule has 0 N–H and O–H groups in total. The third-order valence-electron chi connectivity index (χ3n) is 3.01. The molecule has 1 rings (SSSR count). The maximum absolute atomic E-state index is 12.4. The zero-order chi connectivity index (χ0) is 15.3. The van der Waals surface area contributed by atoms with Crippen LogP contribution >= 0.6 is 0 Å². The fraction of sp³-hybridized carbons (Fsp3) is 0.467. The minimum atomic E-state index is -0.403. The van der Waals surface area contributed by atoms with Gasteiger partial charge in [-0.3, -0.25) is 4.79 Å². The summed E-state index contributed by atoms with van der Waals surface area (Å²) in [6.45, 7) is 3.19. The van der Waals surface area contributed by atoms with Crippen LogP contribution < -0.4 is 14.2 Å². The van der Waals surface area contributed by atoms with Crippen molar-refractivity contribution in [3.8, 4) is 17.2 Å². The van der Waals surface area contributed by atoms with Gasteiger partial charge < -0.3 is 19.0 Å². The molecule has 0 aliphatic heterocycles. The van der Waals surface area contributed by atoms with Gasteiger partial charge in [0.15, 0.2) is 17.3 Å². The largest absolute Gasteiger partial charge is 0.493 e. The monoisotopic (exact) mass is 280 g/mol. The van der Waals surface area contributed by atoms with Gasteiger partial charge in [-0.05, 0) is 19.1 Å². The quantitative estimate of drug-likeness (QED) is 0.718. The van der Waals surface area contributed by atoms with Crippen molar-refractivity contribution in [3.05, 3.63) is 17.7 Å². The Kier molecular flexibility index (Phi) is 5.55. The van der Waals surface area contributed by atoms with Crippen LogP contribution in [0.3, 0.4) is 0 Å². The Labute approximate surface area is 118 Å².